The molecule has 0 aromatic heterocycles. The Labute approximate surface area is 134 Å². The van der Waals surface area contributed by atoms with E-state index >= 15 is 0 Å². The SMILES string of the molecule is CCCCC(C#N)(CN1C=N[C+]=N1)c1ccc(Cl)cc1Cl. The van der Waals surface area contributed by atoms with Crippen molar-refractivity contribution in [2.45, 2.75) is 31.6 Å². The van der Waals surface area contributed by atoms with E-state index in [1.54, 1.807) is 23.5 Å². The van der Waals surface area contributed by atoms with Gasteiger partial charge in [0.2, 0.25) is 0 Å². The van der Waals surface area contributed by atoms with Crippen LogP contribution < -0.4 is 0 Å². The van der Waals surface area contributed by atoms with Crippen molar-refractivity contribution in [1.82, 2.24) is 5.01 Å². The van der Waals surface area contributed by atoms with E-state index < -0.39 is 5.41 Å². The summed E-state index contributed by atoms with van der Waals surface area (Å²) in [5.74, 6) is 0. The Hall–Kier alpha value is -1.66. The Kier molecular flexibility index (Phi) is 5.14. The van der Waals surface area contributed by atoms with Crippen molar-refractivity contribution >= 4 is 35.9 Å². The fourth-order valence-corrected chi connectivity index (χ4v) is 2.95. The number of nitrogens with zero attached hydrogens (tertiary/aromatic N) is 4. The average Bonchev–Trinajstić information content (AvgIpc) is 2.96. The molecule has 0 radical (unpaired) electrons. The second-order valence-corrected chi connectivity index (χ2v) is 5.81. The van der Waals surface area contributed by atoms with Gasteiger partial charge in [-0.15, -0.1) is 5.01 Å². The van der Waals surface area contributed by atoms with Crippen molar-refractivity contribution in [3.05, 3.63) is 33.8 Å². The number of hydrogen-bond acceptors (Lipinski definition) is 4. The number of halogens is 2. The second-order valence-electron chi connectivity index (χ2n) is 4.96. The lowest BCUT2D eigenvalue weighted by atomic mass is 9.77. The summed E-state index contributed by atoms with van der Waals surface area (Å²) in [7, 11) is 0. The summed E-state index contributed by atoms with van der Waals surface area (Å²) in [6.45, 7) is 2.48. The van der Waals surface area contributed by atoms with Gasteiger partial charge in [-0.05, 0) is 24.1 Å². The highest BCUT2D eigenvalue weighted by Crippen LogP contribution is 2.36. The third kappa shape index (κ3) is 3.51. The molecule has 0 bridgehead atoms. The molecule has 0 aliphatic carbocycles. The van der Waals surface area contributed by atoms with Crippen molar-refractivity contribution in [3.8, 4) is 6.07 Å². The van der Waals surface area contributed by atoms with Gasteiger partial charge in [0.1, 0.15) is 5.41 Å². The zero-order valence-electron chi connectivity index (χ0n) is 11.7. The third-order valence-electron chi connectivity index (χ3n) is 3.47. The minimum Gasteiger partial charge on any atom is -0.197 e. The van der Waals surface area contributed by atoms with Gasteiger partial charge in [-0.2, -0.15) is 5.26 Å². The molecule has 0 saturated carbocycles. The zero-order valence-corrected chi connectivity index (χ0v) is 13.2. The number of nitriles is 1. The monoisotopic (exact) mass is 321 g/mol. The molecule has 0 saturated heterocycles. The molecule has 1 aliphatic heterocycles. The molecular weight excluding hydrogens is 307 g/mol. The van der Waals surface area contributed by atoms with Crippen LogP contribution in [0.1, 0.15) is 31.7 Å². The summed E-state index contributed by atoms with van der Waals surface area (Å²) < 4.78 is 0. The van der Waals surface area contributed by atoms with E-state index in [9.17, 15) is 5.26 Å². The Bertz CT molecular complexity index is 594. The van der Waals surface area contributed by atoms with Crippen LogP contribution in [0.25, 0.3) is 0 Å². The molecule has 21 heavy (non-hydrogen) atoms. The molecule has 1 unspecified atom stereocenters. The molecular formula is C15H15Cl2N4+. The van der Waals surface area contributed by atoms with Gasteiger partial charge in [-0.1, -0.05) is 49.0 Å². The largest absolute Gasteiger partial charge is 0.371 e. The van der Waals surface area contributed by atoms with Gasteiger partial charge in [0.15, 0.2) is 0 Å². The maximum absolute atomic E-state index is 9.84. The molecule has 1 aromatic carbocycles. The van der Waals surface area contributed by atoms with Crippen LogP contribution in [0.4, 0.5) is 0 Å². The predicted molar refractivity (Wildman–Crippen MR) is 85.9 cm³/mol. The topological polar surface area (TPSA) is 51.8 Å². The molecule has 4 nitrogen and oxygen atoms in total. The number of benzene rings is 1. The molecule has 0 fully saturated rings. The van der Waals surface area contributed by atoms with Crippen LogP contribution in [0.2, 0.25) is 10.0 Å². The predicted octanol–water partition coefficient (Wildman–Crippen LogP) is 4.11. The molecule has 6 heteroatoms. The quantitative estimate of drug-likeness (QED) is 0.740. The molecule has 1 atom stereocenters. The van der Waals surface area contributed by atoms with Gasteiger partial charge >= 0.3 is 6.34 Å². The molecule has 108 valence electrons. The van der Waals surface area contributed by atoms with Crippen LogP contribution in [-0.4, -0.2) is 24.2 Å². The van der Waals surface area contributed by atoms with E-state index in [0.29, 0.717) is 23.0 Å². The van der Waals surface area contributed by atoms with Crippen LogP contribution >= 0.6 is 23.2 Å². The van der Waals surface area contributed by atoms with E-state index in [4.69, 9.17) is 23.2 Å². The van der Waals surface area contributed by atoms with E-state index in [2.05, 4.69) is 29.4 Å². The first-order valence-electron chi connectivity index (χ1n) is 6.73. The minimum atomic E-state index is -0.751. The molecule has 1 heterocycles. The van der Waals surface area contributed by atoms with Gasteiger partial charge in [-0.25, -0.2) is 0 Å². The highest BCUT2D eigenvalue weighted by molar-refractivity contribution is 6.35. The van der Waals surface area contributed by atoms with Crippen LogP contribution in [0.3, 0.4) is 0 Å². The lowest BCUT2D eigenvalue weighted by Crippen LogP contribution is -2.37. The van der Waals surface area contributed by atoms with Crippen molar-refractivity contribution in [3.63, 3.8) is 0 Å². The summed E-state index contributed by atoms with van der Waals surface area (Å²) in [4.78, 5) is 3.81. The normalized spacial score (nSPS) is 15.6. The summed E-state index contributed by atoms with van der Waals surface area (Å²) >= 11 is 12.3. The van der Waals surface area contributed by atoms with Gasteiger partial charge in [-0.3, -0.25) is 0 Å². The van der Waals surface area contributed by atoms with Gasteiger partial charge in [0, 0.05) is 20.1 Å². The number of hydrazone groups is 1. The maximum Gasteiger partial charge on any atom is 0.371 e. The average molecular weight is 322 g/mol. The smallest absolute Gasteiger partial charge is 0.197 e. The highest BCUT2D eigenvalue weighted by atomic mass is 35.5. The Morgan fingerprint density at radius 1 is 1.43 bits per heavy atom. The van der Waals surface area contributed by atoms with Crippen molar-refractivity contribution < 1.29 is 0 Å². The van der Waals surface area contributed by atoms with Crippen LogP contribution in [0.15, 0.2) is 28.3 Å². The minimum absolute atomic E-state index is 0.390. The maximum atomic E-state index is 9.84. The zero-order chi connectivity index (χ0) is 15.3. The fourth-order valence-electron chi connectivity index (χ4n) is 2.36. The van der Waals surface area contributed by atoms with Gasteiger partial charge < -0.3 is 0 Å². The highest BCUT2D eigenvalue weighted by Gasteiger charge is 2.38. The van der Waals surface area contributed by atoms with Crippen molar-refractivity contribution in [2.24, 2.45) is 10.1 Å². The summed E-state index contributed by atoms with van der Waals surface area (Å²) in [5, 5.41) is 16.5. The molecule has 0 N–H and O–H groups in total. The van der Waals surface area contributed by atoms with Crippen LogP contribution in [-0.2, 0) is 5.41 Å². The number of aliphatic imine (C=N–C) groups is 1. The third-order valence-corrected chi connectivity index (χ3v) is 4.02. The van der Waals surface area contributed by atoms with Crippen LogP contribution in [0.5, 0.6) is 0 Å². The lowest BCUT2D eigenvalue weighted by Gasteiger charge is -2.28. The molecule has 0 amide bonds. The fraction of sp³-hybridized carbons (Fsp3) is 0.400. The standard InChI is InChI=1S/C15H15Cl2N4/c1-2-3-6-15(8-18,9-21-11-19-10-20-21)13-5-4-12(16)7-14(13)17/h4-5,7,11H,2-3,6,9H2,1H3/q+1. The first kappa shape index (κ1) is 15.7. The van der Waals surface area contributed by atoms with Crippen LogP contribution in [0, 0.1) is 11.3 Å². The first-order chi connectivity index (χ1) is 10.1. The van der Waals surface area contributed by atoms with E-state index in [0.717, 1.165) is 18.4 Å². The lowest BCUT2D eigenvalue weighted by molar-refractivity contribution is 0.345. The Balaban J connectivity index is 2.40. The number of unbranched alkanes of at least 4 members (excludes halogenated alkanes) is 1. The number of hydrogen-bond donors (Lipinski definition) is 0. The molecule has 1 aromatic rings. The molecule has 2 rings (SSSR count). The van der Waals surface area contributed by atoms with Crippen molar-refractivity contribution in [2.75, 3.05) is 6.54 Å². The van der Waals surface area contributed by atoms with Crippen molar-refractivity contribution in [1.29, 1.82) is 5.26 Å². The molecule has 1 aliphatic rings. The van der Waals surface area contributed by atoms with E-state index in [1.165, 1.54) is 0 Å². The van der Waals surface area contributed by atoms with Gasteiger partial charge in [0.25, 0.3) is 6.34 Å². The molecule has 0 spiro atoms. The number of rotatable bonds is 6. The van der Waals surface area contributed by atoms with Gasteiger partial charge in [0.05, 0.1) is 12.6 Å². The Morgan fingerprint density at radius 3 is 2.81 bits per heavy atom. The second kappa shape index (κ2) is 6.87. The summed E-state index contributed by atoms with van der Waals surface area (Å²) in [5.41, 5.74) is 0.0270. The first-order valence-corrected chi connectivity index (χ1v) is 7.49. The van der Waals surface area contributed by atoms with E-state index in [1.807, 2.05) is 6.07 Å². The Morgan fingerprint density at radius 2 is 2.24 bits per heavy atom. The van der Waals surface area contributed by atoms with E-state index in [-0.39, 0.29) is 0 Å². The summed E-state index contributed by atoms with van der Waals surface area (Å²) in [6.07, 6.45) is 6.68. The summed E-state index contributed by atoms with van der Waals surface area (Å²) in [6, 6.07) is 7.69.